The van der Waals surface area contributed by atoms with Gasteiger partial charge >= 0.3 is 0 Å². The van der Waals surface area contributed by atoms with E-state index in [0.29, 0.717) is 11.1 Å². The second kappa shape index (κ2) is 6.23. The summed E-state index contributed by atoms with van der Waals surface area (Å²) in [6.45, 7) is 3.27. The molecule has 0 aromatic heterocycles. The fraction of sp³-hybridized carbons (Fsp3) is 0.263. The van der Waals surface area contributed by atoms with Crippen LogP contribution in [0, 0.1) is 12.3 Å². The van der Waals surface area contributed by atoms with Gasteiger partial charge in [-0.05, 0) is 12.1 Å². The molecule has 1 N–H and O–H groups in total. The Balaban J connectivity index is 1.89. The third kappa shape index (κ3) is 2.71. The van der Waals surface area contributed by atoms with Gasteiger partial charge in [0.1, 0.15) is 0 Å². The van der Waals surface area contributed by atoms with Gasteiger partial charge in [0.25, 0.3) is 0 Å². The first-order valence-corrected chi connectivity index (χ1v) is 7.43. The van der Waals surface area contributed by atoms with Gasteiger partial charge in [-0.1, -0.05) is 48.4 Å². The number of ether oxygens (including phenoxy) is 1. The van der Waals surface area contributed by atoms with E-state index in [1.165, 1.54) is 0 Å². The molecule has 3 heteroatoms. The highest BCUT2D eigenvalue weighted by Crippen LogP contribution is 2.30. The van der Waals surface area contributed by atoms with Crippen LogP contribution in [0.1, 0.15) is 11.1 Å². The molecule has 0 amide bonds. The zero-order valence-electron chi connectivity index (χ0n) is 12.4. The number of rotatable bonds is 3. The van der Waals surface area contributed by atoms with E-state index in [1.54, 1.807) is 0 Å². The van der Waals surface area contributed by atoms with Crippen molar-refractivity contribution >= 4 is 5.69 Å². The summed E-state index contributed by atoms with van der Waals surface area (Å²) in [4.78, 5) is 2.27. The molecule has 3 nitrogen and oxygen atoms in total. The molecule has 3 rings (SSSR count). The van der Waals surface area contributed by atoms with Gasteiger partial charge in [-0.15, -0.1) is 6.42 Å². The van der Waals surface area contributed by atoms with Crippen molar-refractivity contribution < 1.29 is 9.84 Å². The van der Waals surface area contributed by atoms with Gasteiger partial charge in [0.2, 0.25) is 0 Å². The molecule has 0 unspecified atom stereocenters. The Morgan fingerprint density at radius 2 is 1.55 bits per heavy atom. The van der Waals surface area contributed by atoms with Gasteiger partial charge in [-0.3, -0.25) is 0 Å². The van der Waals surface area contributed by atoms with Crippen molar-refractivity contribution in [1.82, 2.24) is 0 Å². The number of anilines is 1. The van der Waals surface area contributed by atoms with Crippen LogP contribution >= 0.6 is 0 Å². The number of terminal acetylenes is 1. The van der Waals surface area contributed by atoms with E-state index < -0.39 is 5.60 Å². The molecule has 2 aromatic carbocycles. The first kappa shape index (κ1) is 14.6. The van der Waals surface area contributed by atoms with Gasteiger partial charge in [0, 0.05) is 29.9 Å². The molecular weight excluding hydrogens is 274 g/mol. The topological polar surface area (TPSA) is 32.7 Å². The summed E-state index contributed by atoms with van der Waals surface area (Å²) >= 11 is 0. The summed E-state index contributed by atoms with van der Waals surface area (Å²) in [6.07, 6.45) is 5.62. The van der Waals surface area contributed by atoms with Crippen LogP contribution in [0.3, 0.4) is 0 Å². The van der Waals surface area contributed by atoms with Crippen molar-refractivity contribution in [1.29, 1.82) is 0 Å². The van der Waals surface area contributed by atoms with Crippen LogP contribution in [0.2, 0.25) is 0 Å². The lowest BCUT2D eigenvalue weighted by molar-refractivity contribution is 0.122. The molecule has 0 radical (unpaired) electrons. The number of benzene rings is 2. The molecule has 0 saturated carbocycles. The predicted octanol–water partition coefficient (Wildman–Crippen LogP) is 2.39. The number of hydrogen-bond donors (Lipinski definition) is 1. The van der Waals surface area contributed by atoms with Crippen molar-refractivity contribution in [3.05, 3.63) is 65.7 Å². The Bertz CT molecular complexity index is 654. The average Bonchev–Trinajstić information content (AvgIpc) is 2.63. The van der Waals surface area contributed by atoms with Crippen molar-refractivity contribution in [3.63, 3.8) is 0 Å². The molecule has 0 aliphatic carbocycles. The quantitative estimate of drug-likeness (QED) is 0.882. The Labute approximate surface area is 131 Å². The number of morpholine rings is 1. The molecule has 1 saturated heterocycles. The molecule has 1 fully saturated rings. The van der Waals surface area contributed by atoms with Crippen LogP contribution < -0.4 is 4.90 Å². The normalized spacial score (nSPS) is 17.5. The highest BCUT2D eigenvalue weighted by molar-refractivity contribution is 5.52. The van der Waals surface area contributed by atoms with E-state index in [1.807, 2.05) is 54.6 Å². The molecule has 112 valence electrons. The molecule has 1 heterocycles. The van der Waals surface area contributed by atoms with Crippen LogP contribution in [0.4, 0.5) is 5.69 Å². The van der Waals surface area contributed by atoms with Gasteiger partial charge in [-0.25, -0.2) is 0 Å². The van der Waals surface area contributed by atoms with Crippen LogP contribution in [0.25, 0.3) is 0 Å². The predicted molar refractivity (Wildman–Crippen MR) is 87.7 cm³/mol. The van der Waals surface area contributed by atoms with Crippen molar-refractivity contribution in [3.8, 4) is 12.3 Å². The first-order valence-electron chi connectivity index (χ1n) is 7.43. The summed E-state index contributed by atoms with van der Waals surface area (Å²) < 4.78 is 5.37. The zero-order valence-corrected chi connectivity index (χ0v) is 12.4. The molecule has 0 spiro atoms. The fourth-order valence-corrected chi connectivity index (χ4v) is 2.75. The Kier molecular flexibility index (Phi) is 4.15. The first-order chi connectivity index (χ1) is 10.7. The summed E-state index contributed by atoms with van der Waals surface area (Å²) in [5.74, 6) is 2.53. The molecule has 2 aromatic rings. The average molecular weight is 293 g/mol. The highest BCUT2D eigenvalue weighted by Gasteiger charge is 2.29. The summed E-state index contributed by atoms with van der Waals surface area (Å²) in [5.41, 5.74) is 1.14. The fourth-order valence-electron chi connectivity index (χ4n) is 2.75. The van der Waals surface area contributed by atoms with Crippen molar-refractivity contribution in [2.24, 2.45) is 0 Å². The lowest BCUT2D eigenvalue weighted by atomic mass is 9.87. The van der Waals surface area contributed by atoms with Crippen LogP contribution in [0.15, 0.2) is 54.6 Å². The second-order valence-corrected chi connectivity index (χ2v) is 5.37. The standard InChI is InChI=1S/C19H19NO2/c1-2-19(21,16-6-4-3-5-7-16)17-8-10-18(11-9-17)20-12-14-22-15-13-20/h1,3-11,21H,12-15H2/t19-/m0/s1. The lowest BCUT2D eigenvalue weighted by Crippen LogP contribution is -2.36. The molecule has 1 atom stereocenters. The number of hydrogen-bond acceptors (Lipinski definition) is 3. The van der Waals surface area contributed by atoms with E-state index in [4.69, 9.17) is 11.2 Å². The third-order valence-corrected chi connectivity index (χ3v) is 4.06. The van der Waals surface area contributed by atoms with E-state index in [2.05, 4.69) is 10.8 Å². The molecular formula is C19H19NO2. The maximum absolute atomic E-state index is 10.9. The molecule has 1 aliphatic rings. The summed E-state index contributed by atoms with van der Waals surface area (Å²) in [7, 11) is 0. The van der Waals surface area contributed by atoms with Gasteiger partial charge < -0.3 is 14.7 Å². The van der Waals surface area contributed by atoms with Crippen LogP contribution in [-0.4, -0.2) is 31.4 Å². The molecule has 0 bridgehead atoms. The van der Waals surface area contributed by atoms with Crippen LogP contribution in [-0.2, 0) is 10.3 Å². The smallest absolute Gasteiger partial charge is 0.176 e. The lowest BCUT2D eigenvalue weighted by Gasteiger charge is -2.30. The van der Waals surface area contributed by atoms with Crippen LogP contribution in [0.5, 0.6) is 0 Å². The SMILES string of the molecule is C#C[C@](O)(c1ccccc1)c1ccc(N2CCOCC2)cc1. The maximum Gasteiger partial charge on any atom is 0.176 e. The summed E-state index contributed by atoms with van der Waals surface area (Å²) in [6, 6.07) is 17.2. The van der Waals surface area contributed by atoms with Gasteiger partial charge in [-0.2, -0.15) is 0 Å². The second-order valence-electron chi connectivity index (χ2n) is 5.37. The third-order valence-electron chi connectivity index (χ3n) is 4.06. The van der Waals surface area contributed by atoms with Gasteiger partial charge in [0.15, 0.2) is 5.60 Å². The highest BCUT2D eigenvalue weighted by atomic mass is 16.5. The monoisotopic (exact) mass is 293 g/mol. The Hall–Kier alpha value is -2.28. The largest absolute Gasteiger partial charge is 0.378 e. The minimum Gasteiger partial charge on any atom is -0.378 e. The number of aliphatic hydroxyl groups is 1. The van der Waals surface area contributed by atoms with E-state index in [-0.39, 0.29) is 0 Å². The van der Waals surface area contributed by atoms with Crippen molar-refractivity contribution in [2.45, 2.75) is 5.60 Å². The van der Waals surface area contributed by atoms with Crippen molar-refractivity contribution in [2.75, 3.05) is 31.2 Å². The Morgan fingerprint density at radius 1 is 0.955 bits per heavy atom. The minimum atomic E-state index is -1.40. The zero-order chi connectivity index (χ0) is 15.4. The molecule has 22 heavy (non-hydrogen) atoms. The summed E-state index contributed by atoms with van der Waals surface area (Å²) in [5, 5.41) is 10.9. The van der Waals surface area contributed by atoms with E-state index in [9.17, 15) is 5.11 Å². The Morgan fingerprint density at radius 3 is 2.14 bits per heavy atom. The van der Waals surface area contributed by atoms with E-state index >= 15 is 0 Å². The maximum atomic E-state index is 10.9. The van der Waals surface area contributed by atoms with Gasteiger partial charge in [0.05, 0.1) is 13.2 Å². The number of nitrogens with zero attached hydrogens (tertiary/aromatic N) is 1. The van der Waals surface area contributed by atoms with E-state index in [0.717, 1.165) is 32.0 Å². The molecule has 1 aliphatic heterocycles. The minimum absolute atomic E-state index is 0.705.